The van der Waals surface area contributed by atoms with Crippen molar-refractivity contribution in [3.8, 4) is 22.3 Å². The number of hydrogen-bond acceptors (Lipinski definition) is 3. The van der Waals surface area contributed by atoms with Gasteiger partial charge in [0.2, 0.25) is 7.28 Å². The van der Waals surface area contributed by atoms with Crippen LogP contribution in [0, 0.1) is 6.92 Å². The first-order valence-corrected chi connectivity index (χ1v) is 25.5. The van der Waals surface area contributed by atoms with E-state index in [1.54, 1.807) is 0 Å². The van der Waals surface area contributed by atoms with Crippen LogP contribution < -0.4 is 20.5 Å². The van der Waals surface area contributed by atoms with Crippen LogP contribution in [-0.2, 0) is 21.7 Å². The quantitative estimate of drug-likeness (QED) is 0.173. The van der Waals surface area contributed by atoms with Crippen molar-refractivity contribution in [1.82, 2.24) is 0 Å². The molecule has 2 aliphatic carbocycles. The molecule has 2 heterocycles. The van der Waals surface area contributed by atoms with Crippen LogP contribution in [0.2, 0.25) is 0 Å². The van der Waals surface area contributed by atoms with Gasteiger partial charge in [-0.2, -0.15) is 0 Å². The average molecular weight is 889 g/mol. The summed E-state index contributed by atoms with van der Waals surface area (Å²) in [6.07, 6.45) is 4.78. The molecule has 0 unspecified atom stereocenters. The van der Waals surface area contributed by atoms with E-state index in [1.165, 1.54) is 135 Å². The van der Waals surface area contributed by atoms with E-state index in [1.807, 2.05) is 11.3 Å². The molecule has 67 heavy (non-hydrogen) atoms. The predicted molar refractivity (Wildman–Crippen MR) is 294 cm³/mol. The molecule has 0 fully saturated rings. The minimum atomic E-state index is 0.0691. The summed E-state index contributed by atoms with van der Waals surface area (Å²) in [5.41, 5.74) is 20.4. The molecule has 3 aliphatic rings. The molecular weight excluding hydrogens is 828 g/mol. The number of nitrogens with zero attached hydrogens (tertiary/aromatic N) is 1. The maximum atomic E-state index is 4.04. The van der Waals surface area contributed by atoms with Gasteiger partial charge in [0, 0.05) is 38.1 Å². The highest BCUT2D eigenvalue weighted by Gasteiger charge is 2.42. The van der Waals surface area contributed by atoms with Crippen molar-refractivity contribution in [2.75, 3.05) is 10.2 Å². The number of nitrogens with one attached hydrogen (secondary N) is 1. The lowest BCUT2D eigenvalue weighted by atomic mass is 9.60. The molecule has 9 aromatic rings. The summed E-state index contributed by atoms with van der Waals surface area (Å²) in [7, 11) is 0.860. The molecule has 332 valence electrons. The largest absolute Gasteiger partial charge is 0.355 e. The van der Waals surface area contributed by atoms with Gasteiger partial charge in [0.1, 0.15) is 0 Å². The fourth-order valence-corrected chi connectivity index (χ4v) is 13.5. The van der Waals surface area contributed by atoms with Gasteiger partial charge in [-0.05, 0) is 162 Å². The Morgan fingerprint density at radius 2 is 1.07 bits per heavy atom. The molecule has 1 aromatic heterocycles. The Balaban J connectivity index is 1.14. The summed E-state index contributed by atoms with van der Waals surface area (Å²) in [5.74, 6) is 0. The Morgan fingerprint density at radius 1 is 0.507 bits per heavy atom. The topological polar surface area (TPSA) is 15.3 Å². The van der Waals surface area contributed by atoms with Gasteiger partial charge in [-0.1, -0.05) is 165 Å². The molecule has 4 heteroatoms. The van der Waals surface area contributed by atoms with E-state index < -0.39 is 0 Å². The Bertz CT molecular complexity index is 3480. The van der Waals surface area contributed by atoms with Gasteiger partial charge in [-0.3, -0.25) is 0 Å². The number of rotatable bonds is 5. The Morgan fingerprint density at radius 3 is 1.76 bits per heavy atom. The second-order valence-corrected chi connectivity index (χ2v) is 23.9. The molecule has 8 aromatic carbocycles. The molecule has 1 N–H and O–H groups in total. The van der Waals surface area contributed by atoms with Gasteiger partial charge >= 0.3 is 0 Å². The Hall–Kier alpha value is -6.10. The fraction of sp³-hybridized carbons (Fsp3) is 0.270. The summed E-state index contributed by atoms with van der Waals surface area (Å²) < 4.78 is 2.85. The van der Waals surface area contributed by atoms with Crippen molar-refractivity contribution >= 4 is 88.9 Å². The van der Waals surface area contributed by atoms with Crippen LogP contribution in [0.3, 0.4) is 0 Å². The molecule has 0 radical (unpaired) electrons. The van der Waals surface area contributed by atoms with Gasteiger partial charge in [0.25, 0.3) is 0 Å². The molecule has 0 saturated carbocycles. The molecule has 0 saturated heterocycles. The highest BCUT2D eigenvalue weighted by molar-refractivity contribution is 7.29. The lowest BCUT2D eigenvalue weighted by Gasteiger charge is -2.44. The van der Waals surface area contributed by atoms with Crippen molar-refractivity contribution in [3.05, 3.63) is 173 Å². The van der Waals surface area contributed by atoms with Gasteiger partial charge in [0.05, 0.1) is 11.4 Å². The normalized spacial score (nSPS) is 17.4. The van der Waals surface area contributed by atoms with Crippen molar-refractivity contribution in [1.29, 1.82) is 0 Å². The number of anilines is 5. The SMILES string of the molecule is Cc1cc2c(cc1N1c3cc4ccccc4c(-c4ccc5ccccc5c4Nc4ccc(-c5ccccc5)cc4)c3Bc3sc4cc5c(cc4c31)C(C)(C)CCC5(C)C)C(C)(C)CCC2(C)C. The summed E-state index contributed by atoms with van der Waals surface area (Å²) in [6, 6.07) is 55.3. The molecule has 0 atom stereocenters. The van der Waals surface area contributed by atoms with Crippen LogP contribution in [0.4, 0.5) is 28.4 Å². The van der Waals surface area contributed by atoms with Crippen LogP contribution in [0.5, 0.6) is 0 Å². The first-order chi connectivity index (χ1) is 32.1. The predicted octanol–water partition coefficient (Wildman–Crippen LogP) is 16.5. The summed E-state index contributed by atoms with van der Waals surface area (Å²) in [4.78, 5) is 2.74. The van der Waals surface area contributed by atoms with Crippen LogP contribution in [-0.4, -0.2) is 7.28 Å². The summed E-state index contributed by atoms with van der Waals surface area (Å²) in [5, 5.41) is 10.4. The monoisotopic (exact) mass is 888 g/mol. The van der Waals surface area contributed by atoms with Crippen LogP contribution in [0.25, 0.3) is 53.9 Å². The van der Waals surface area contributed by atoms with E-state index in [0.29, 0.717) is 0 Å². The van der Waals surface area contributed by atoms with Crippen LogP contribution in [0.15, 0.2) is 146 Å². The van der Waals surface area contributed by atoms with Crippen LogP contribution >= 0.6 is 11.3 Å². The average Bonchev–Trinajstić information content (AvgIpc) is 3.68. The number of fused-ring (bicyclic) bond motifs is 8. The van der Waals surface area contributed by atoms with E-state index >= 15 is 0 Å². The molecule has 0 amide bonds. The molecular formula is C63H61BN2S. The van der Waals surface area contributed by atoms with E-state index in [2.05, 4.69) is 218 Å². The van der Waals surface area contributed by atoms with E-state index in [4.69, 9.17) is 0 Å². The Labute approximate surface area is 402 Å². The molecule has 2 nitrogen and oxygen atoms in total. The summed E-state index contributed by atoms with van der Waals surface area (Å²) >= 11 is 2.03. The van der Waals surface area contributed by atoms with E-state index in [0.717, 1.165) is 18.7 Å². The smallest absolute Gasteiger partial charge is 0.211 e. The maximum Gasteiger partial charge on any atom is 0.211 e. The van der Waals surface area contributed by atoms with Crippen molar-refractivity contribution in [2.45, 2.75) is 110 Å². The van der Waals surface area contributed by atoms with Crippen molar-refractivity contribution < 1.29 is 0 Å². The van der Waals surface area contributed by atoms with Gasteiger partial charge in [-0.25, -0.2) is 0 Å². The van der Waals surface area contributed by atoms with E-state index in [9.17, 15) is 0 Å². The summed E-state index contributed by atoms with van der Waals surface area (Å²) in [6.45, 7) is 22.1. The van der Waals surface area contributed by atoms with Crippen molar-refractivity contribution in [2.24, 2.45) is 0 Å². The van der Waals surface area contributed by atoms with E-state index in [-0.39, 0.29) is 21.7 Å². The zero-order valence-electron chi connectivity index (χ0n) is 40.7. The minimum Gasteiger partial charge on any atom is -0.355 e. The van der Waals surface area contributed by atoms with Crippen LogP contribution in [0.1, 0.15) is 109 Å². The number of aryl methyl sites for hydroxylation is 1. The highest BCUT2D eigenvalue weighted by atomic mass is 32.1. The fourth-order valence-electron chi connectivity index (χ4n) is 12.2. The maximum absolute atomic E-state index is 4.04. The molecule has 0 spiro atoms. The molecule has 12 rings (SSSR count). The first-order valence-electron chi connectivity index (χ1n) is 24.6. The second-order valence-electron chi connectivity index (χ2n) is 22.7. The van der Waals surface area contributed by atoms with Gasteiger partial charge in [-0.15, -0.1) is 11.3 Å². The second kappa shape index (κ2) is 15.0. The third kappa shape index (κ3) is 6.72. The number of benzene rings is 8. The van der Waals surface area contributed by atoms with Gasteiger partial charge < -0.3 is 10.2 Å². The number of thiophene rings is 1. The lowest BCUT2D eigenvalue weighted by Crippen LogP contribution is -2.40. The highest BCUT2D eigenvalue weighted by Crippen LogP contribution is 2.54. The lowest BCUT2D eigenvalue weighted by molar-refractivity contribution is 0.332. The third-order valence-electron chi connectivity index (χ3n) is 16.5. The van der Waals surface area contributed by atoms with Crippen molar-refractivity contribution in [3.63, 3.8) is 0 Å². The van der Waals surface area contributed by atoms with Gasteiger partial charge in [0.15, 0.2) is 0 Å². The standard InChI is InChI=1S/C63H61BN2S/c1-38-33-48-50(62(6,7)31-29-60(48,2)3)36-52(38)66-53-34-42-20-14-15-21-44(42)55(56(53)64-59-58(66)47-35-49-51(37-54(47)67-59)63(8,9)32-30-61(49,4)5)46-28-25-41-19-13-16-22-45(41)57(46)65-43-26-23-40(24-27-43)39-17-11-10-12-18-39/h10-28,33-37,64-65H,29-32H2,1-9H3. The first kappa shape index (κ1) is 42.3. The molecule has 1 aliphatic heterocycles. The molecule has 0 bridgehead atoms. The number of hydrogen-bond donors (Lipinski definition) is 1. The third-order valence-corrected chi connectivity index (χ3v) is 17.7. The zero-order valence-corrected chi connectivity index (χ0v) is 41.6. The minimum absolute atomic E-state index is 0.0691. The zero-order chi connectivity index (χ0) is 46.2. The Kier molecular flexibility index (Phi) is 9.43.